The Labute approximate surface area is 113 Å². The molecular formula is C10H9ClFN3S2. The van der Waals surface area contributed by atoms with Gasteiger partial charge in [-0.25, -0.2) is 4.39 Å². The van der Waals surface area contributed by atoms with Gasteiger partial charge in [-0.3, -0.25) is 9.99 Å². The van der Waals surface area contributed by atoms with Crippen LogP contribution in [0.3, 0.4) is 0 Å². The van der Waals surface area contributed by atoms with Crippen LogP contribution in [0.15, 0.2) is 17.4 Å². The molecule has 0 aromatic carbocycles. The van der Waals surface area contributed by atoms with E-state index in [2.05, 4.69) is 10.1 Å². The average molecular weight is 290 g/mol. The summed E-state index contributed by atoms with van der Waals surface area (Å²) in [4.78, 5) is 3.99. The van der Waals surface area contributed by atoms with Gasteiger partial charge in [-0.15, -0.1) is 0 Å². The van der Waals surface area contributed by atoms with E-state index < -0.39 is 5.82 Å². The molecule has 2 heterocycles. The maximum atomic E-state index is 13.7. The predicted octanol–water partition coefficient (Wildman–Crippen LogP) is 2.93. The van der Waals surface area contributed by atoms with E-state index in [4.69, 9.17) is 23.8 Å². The number of hydrogen-bond donors (Lipinski definition) is 0. The molecule has 1 aromatic rings. The third kappa shape index (κ3) is 2.59. The second-order valence-corrected chi connectivity index (χ2v) is 5.93. The lowest BCUT2D eigenvalue weighted by atomic mass is 10.2. The highest BCUT2D eigenvalue weighted by molar-refractivity contribution is 8.23. The molecule has 1 atom stereocenters. The van der Waals surface area contributed by atoms with Crippen molar-refractivity contribution in [3.05, 3.63) is 28.8 Å². The van der Waals surface area contributed by atoms with Gasteiger partial charge in [-0.2, -0.15) is 5.10 Å². The zero-order valence-corrected chi connectivity index (χ0v) is 11.5. The van der Waals surface area contributed by atoms with Gasteiger partial charge in [0.15, 0.2) is 10.1 Å². The molecule has 0 radical (unpaired) electrons. The van der Waals surface area contributed by atoms with E-state index in [1.807, 2.05) is 6.92 Å². The van der Waals surface area contributed by atoms with Crippen molar-refractivity contribution in [2.24, 2.45) is 5.10 Å². The normalized spacial score (nSPS) is 20.5. The van der Waals surface area contributed by atoms with Crippen LogP contribution in [0.25, 0.3) is 0 Å². The van der Waals surface area contributed by atoms with Crippen molar-refractivity contribution in [2.45, 2.75) is 12.2 Å². The van der Waals surface area contributed by atoms with Crippen molar-refractivity contribution < 1.29 is 4.39 Å². The number of hydrazone groups is 1. The molecular weight excluding hydrogens is 281 g/mol. The smallest absolute Gasteiger partial charge is 0.157 e. The zero-order chi connectivity index (χ0) is 12.6. The molecule has 1 unspecified atom stereocenters. The highest BCUT2D eigenvalue weighted by Crippen LogP contribution is 2.26. The minimum Gasteiger partial charge on any atom is -0.252 e. The van der Waals surface area contributed by atoms with Crippen molar-refractivity contribution in [1.29, 1.82) is 0 Å². The minimum atomic E-state index is -0.468. The second kappa shape index (κ2) is 4.88. The summed E-state index contributed by atoms with van der Waals surface area (Å²) in [5, 5.41) is 6.04. The topological polar surface area (TPSA) is 28.5 Å². The molecule has 1 aromatic heterocycles. The molecule has 7 heteroatoms. The van der Waals surface area contributed by atoms with E-state index in [1.165, 1.54) is 24.0 Å². The van der Waals surface area contributed by atoms with Gasteiger partial charge in [-0.1, -0.05) is 35.6 Å². The van der Waals surface area contributed by atoms with E-state index in [0.29, 0.717) is 10.0 Å². The molecule has 0 saturated heterocycles. The fourth-order valence-corrected chi connectivity index (χ4v) is 2.79. The summed E-state index contributed by atoms with van der Waals surface area (Å²) in [5.74, 6) is -0.468. The number of halogens is 2. The van der Waals surface area contributed by atoms with E-state index in [9.17, 15) is 4.39 Å². The van der Waals surface area contributed by atoms with Crippen LogP contribution in [0.4, 0.5) is 4.39 Å². The van der Waals surface area contributed by atoms with Gasteiger partial charge in [0.2, 0.25) is 0 Å². The van der Waals surface area contributed by atoms with E-state index in [0.717, 1.165) is 0 Å². The Bertz CT molecular complexity index is 506. The van der Waals surface area contributed by atoms with Crippen molar-refractivity contribution in [3.63, 3.8) is 0 Å². The summed E-state index contributed by atoms with van der Waals surface area (Å²) in [5.41, 5.74) is 0.795. The lowest BCUT2D eigenvalue weighted by Crippen LogP contribution is -2.32. The van der Waals surface area contributed by atoms with E-state index in [1.54, 1.807) is 12.1 Å². The Morgan fingerprint density at radius 1 is 1.59 bits per heavy atom. The molecule has 1 aliphatic heterocycles. The van der Waals surface area contributed by atoms with Crippen LogP contribution in [0, 0.1) is 5.82 Å². The Morgan fingerprint density at radius 2 is 2.29 bits per heavy atom. The number of pyridine rings is 1. The largest absolute Gasteiger partial charge is 0.252 e. The zero-order valence-electron chi connectivity index (χ0n) is 9.15. The van der Waals surface area contributed by atoms with Crippen LogP contribution >= 0.6 is 35.6 Å². The Kier molecular flexibility index (Phi) is 3.65. The summed E-state index contributed by atoms with van der Waals surface area (Å²) in [6, 6.07) is 1.23. The fourth-order valence-electron chi connectivity index (χ4n) is 1.41. The van der Waals surface area contributed by atoms with Crippen LogP contribution in [0.1, 0.15) is 12.6 Å². The van der Waals surface area contributed by atoms with Gasteiger partial charge in [0, 0.05) is 13.2 Å². The number of rotatable bonds is 1. The Morgan fingerprint density at radius 3 is 2.94 bits per heavy atom. The Balaban J connectivity index is 2.45. The first-order valence-electron chi connectivity index (χ1n) is 4.83. The van der Waals surface area contributed by atoms with Gasteiger partial charge in [0.1, 0.15) is 11.4 Å². The fraction of sp³-hybridized carbons (Fsp3) is 0.300. The van der Waals surface area contributed by atoms with Crippen LogP contribution < -0.4 is 0 Å². The van der Waals surface area contributed by atoms with Crippen molar-refractivity contribution >= 4 is 45.6 Å². The molecule has 0 N–H and O–H groups in total. The maximum absolute atomic E-state index is 13.7. The highest BCUT2D eigenvalue weighted by Gasteiger charge is 2.26. The van der Waals surface area contributed by atoms with Crippen LogP contribution in [-0.2, 0) is 0 Å². The monoisotopic (exact) mass is 289 g/mol. The average Bonchev–Trinajstić information content (AvgIpc) is 2.24. The summed E-state index contributed by atoms with van der Waals surface area (Å²) in [6.45, 7) is 1.92. The first kappa shape index (κ1) is 12.7. The van der Waals surface area contributed by atoms with Crippen LogP contribution in [0.5, 0.6) is 0 Å². The maximum Gasteiger partial charge on any atom is 0.157 e. The molecule has 0 saturated carbocycles. The van der Waals surface area contributed by atoms with Crippen LogP contribution in [0.2, 0.25) is 5.02 Å². The molecule has 0 aliphatic carbocycles. The van der Waals surface area contributed by atoms with E-state index >= 15 is 0 Å². The standard InChI is InChI=1S/C10H9ClFN3S2/c1-5-8(14-15(2)10(16)17-5)9-7(12)3-6(11)4-13-9/h3-5H,1-2H3. The lowest BCUT2D eigenvalue weighted by molar-refractivity contribution is 0.557. The van der Waals surface area contributed by atoms with Gasteiger partial charge in [0.05, 0.1) is 10.3 Å². The minimum absolute atomic E-state index is 0.0260. The molecule has 3 nitrogen and oxygen atoms in total. The number of hydrogen-bond acceptors (Lipinski definition) is 4. The van der Waals surface area contributed by atoms with E-state index in [-0.39, 0.29) is 16.0 Å². The summed E-state index contributed by atoms with van der Waals surface area (Å²) in [6.07, 6.45) is 1.41. The first-order valence-corrected chi connectivity index (χ1v) is 6.50. The molecule has 0 spiro atoms. The molecule has 0 bridgehead atoms. The van der Waals surface area contributed by atoms with Crippen molar-refractivity contribution in [1.82, 2.24) is 9.99 Å². The van der Waals surface area contributed by atoms with Crippen molar-refractivity contribution in [2.75, 3.05) is 7.05 Å². The number of thiocarbonyl (C=S) groups is 1. The molecule has 17 heavy (non-hydrogen) atoms. The van der Waals surface area contributed by atoms with Gasteiger partial charge in [0.25, 0.3) is 0 Å². The number of thioether (sulfide) groups is 1. The molecule has 2 rings (SSSR count). The summed E-state index contributed by atoms with van der Waals surface area (Å²) < 4.78 is 14.4. The van der Waals surface area contributed by atoms with Gasteiger partial charge < -0.3 is 0 Å². The number of aromatic nitrogens is 1. The van der Waals surface area contributed by atoms with Gasteiger partial charge >= 0.3 is 0 Å². The molecule has 0 fully saturated rings. The molecule has 1 aliphatic rings. The summed E-state index contributed by atoms with van der Waals surface area (Å²) >= 11 is 12.2. The Hall–Kier alpha value is -0.720. The third-order valence-electron chi connectivity index (χ3n) is 2.24. The lowest BCUT2D eigenvalue weighted by Gasteiger charge is -2.25. The SMILES string of the molecule is CC1SC(=S)N(C)N=C1c1ncc(Cl)cc1F. The second-order valence-electron chi connectivity index (χ2n) is 3.52. The van der Waals surface area contributed by atoms with Crippen LogP contribution in [-0.4, -0.2) is 32.3 Å². The predicted molar refractivity (Wildman–Crippen MR) is 73.2 cm³/mol. The quantitative estimate of drug-likeness (QED) is 0.743. The third-order valence-corrected chi connectivity index (χ3v) is 4.04. The number of nitrogens with zero attached hydrogens (tertiary/aromatic N) is 3. The summed E-state index contributed by atoms with van der Waals surface area (Å²) in [7, 11) is 1.73. The van der Waals surface area contributed by atoms with Crippen molar-refractivity contribution in [3.8, 4) is 0 Å². The van der Waals surface area contributed by atoms with Gasteiger partial charge in [-0.05, 0) is 13.0 Å². The first-order chi connectivity index (χ1) is 7.99. The molecule has 90 valence electrons. The molecule has 0 amide bonds. The highest BCUT2D eigenvalue weighted by atomic mass is 35.5.